The molecule has 1 aromatic carbocycles. The summed E-state index contributed by atoms with van der Waals surface area (Å²) in [4.78, 5) is 27.5. The summed E-state index contributed by atoms with van der Waals surface area (Å²) in [6, 6.07) is 2.22. The van der Waals surface area contributed by atoms with Gasteiger partial charge in [-0.1, -0.05) is 0 Å². The monoisotopic (exact) mass is 403 g/mol. The van der Waals surface area contributed by atoms with E-state index in [0.29, 0.717) is 37.7 Å². The van der Waals surface area contributed by atoms with Gasteiger partial charge in [-0.05, 0) is 12.1 Å². The first kappa shape index (κ1) is 20.1. The molecule has 7 nitrogen and oxygen atoms in total. The number of likely N-dealkylation sites (tertiary alicyclic amines) is 1. The van der Waals surface area contributed by atoms with Crippen LogP contribution in [0.3, 0.4) is 0 Å². The van der Waals surface area contributed by atoms with Crippen LogP contribution in [0.2, 0.25) is 0 Å². The summed E-state index contributed by atoms with van der Waals surface area (Å²) in [7, 11) is 0. The Morgan fingerprint density at radius 3 is 2.54 bits per heavy atom. The lowest BCUT2D eigenvalue weighted by molar-refractivity contribution is -1.08. The number of carbonyl (C=O) groups is 2. The molecule has 0 radical (unpaired) electrons. The van der Waals surface area contributed by atoms with Gasteiger partial charge in [0.2, 0.25) is 0 Å². The van der Waals surface area contributed by atoms with Gasteiger partial charge in [-0.15, -0.1) is 4.65 Å². The van der Waals surface area contributed by atoms with Crippen LogP contribution in [0.15, 0.2) is 18.3 Å². The van der Waals surface area contributed by atoms with Gasteiger partial charge in [-0.25, -0.2) is 9.18 Å². The fraction of sp³-hybridized carbons (Fsp3) is 0.471. The summed E-state index contributed by atoms with van der Waals surface area (Å²) in [6.07, 6.45) is -1.81. The predicted molar refractivity (Wildman–Crippen MR) is 89.1 cm³/mol. The van der Waals surface area contributed by atoms with Crippen LogP contribution in [0.25, 0.3) is 10.9 Å². The molecule has 1 aliphatic heterocycles. The Morgan fingerprint density at radius 2 is 1.93 bits per heavy atom. The maximum Gasteiger partial charge on any atom is 0.497 e. The van der Waals surface area contributed by atoms with E-state index < -0.39 is 23.9 Å². The number of fused-ring (bicyclic) bond motifs is 1. The number of quaternary nitrogens is 1. The van der Waals surface area contributed by atoms with Crippen LogP contribution >= 0.6 is 0 Å². The average molecular weight is 403 g/mol. The molecule has 0 saturated carbocycles. The van der Waals surface area contributed by atoms with Crippen LogP contribution < -0.4 is 5.73 Å². The minimum atomic E-state index is -5.04. The highest BCUT2D eigenvalue weighted by Gasteiger charge is 2.48. The van der Waals surface area contributed by atoms with E-state index in [2.05, 4.69) is 5.10 Å². The summed E-state index contributed by atoms with van der Waals surface area (Å²) in [5.74, 6) is -3.63. The van der Waals surface area contributed by atoms with E-state index in [-0.39, 0.29) is 28.8 Å². The maximum absolute atomic E-state index is 13.6. The molecule has 3 rings (SSSR count). The van der Waals surface area contributed by atoms with Crippen LogP contribution in [-0.4, -0.2) is 52.1 Å². The molecule has 1 aromatic heterocycles. The van der Waals surface area contributed by atoms with Gasteiger partial charge in [0, 0.05) is 37.4 Å². The van der Waals surface area contributed by atoms with Crippen molar-refractivity contribution < 1.29 is 36.6 Å². The Kier molecular flexibility index (Phi) is 5.28. The summed E-state index contributed by atoms with van der Waals surface area (Å²) in [5.41, 5.74) is 5.45. The fourth-order valence-electron chi connectivity index (χ4n) is 3.47. The van der Waals surface area contributed by atoms with Crippen molar-refractivity contribution >= 4 is 22.8 Å². The van der Waals surface area contributed by atoms with E-state index in [9.17, 15) is 27.2 Å². The number of benzene rings is 1. The van der Waals surface area contributed by atoms with Crippen molar-refractivity contribution in [3.63, 3.8) is 0 Å². The van der Waals surface area contributed by atoms with Crippen LogP contribution in [0.4, 0.5) is 17.6 Å². The minimum absolute atomic E-state index is 0.0455. The number of nitrogens with zero attached hydrogens (tertiary/aromatic N) is 3. The second-order valence-corrected chi connectivity index (χ2v) is 6.81. The number of carbonyl (C=O) groups excluding carboxylic acids is 2. The molecule has 11 heteroatoms. The Balaban J connectivity index is 1.70. The SMILES string of the molecule is NC(=O)c1cc(F)cc2cn(CCC[N+]3(OC(=O)C(F)(F)F)CCCC3)nc12. The van der Waals surface area contributed by atoms with E-state index in [4.69, 9.17) is 10.6 Å². The van der Waals surface area contributed by atoms with Crippen LogP contribution in [0.5, 0.6) is 0 Å². The second-order valence-electron chi connectivity index (χ2n) is 6.81. The standard InChI is InChI=1S/C17H18F4N4O3/c18-12-8-11-10-24(23-14(11)13(9-12)15(22)26)4-3-7-25(5-1-2-6-25)28-16(27)17(19,20)21/h8-10H,1-7H2,(H-,22,26)/p+1. The molecule has 1 amide bonds. The number of aromatic nitrogens is 2. The number of aryl methyl sites for hydroxylation is 1. The molecule has 0 aliphatic carbocycles. The van der Waals surface area contributed by atoms with Crippen molar-refractivity contribution in [2.45, 2.75) is 32.0 Å². The van der Waals surface area contributed by atoms with Crippen molar-refractivity contribution in [3.05, 3.63) is 29.7 Å². The third-order valence-corrected chi connectivity index (χ3v) is 4.73. The van der Waals surface area contributed by atoms with Gasteiger partial charge in [-0.3, -0.25) is 14.3 Å². The Bertz CT molecular complexity index is 904. The Morgan fingerprint density at radius 1 is 1.25 bits per heavy atom. The van der Waals surface area contributed by atoms with Gasteiger partial charge in [0.15, 0.2) is 0 Å². The quantitative estimate of drug-likeness (QED) is 0.592. The highest BCUT2D eigenvalue weighted by Crippen LogP contribution is 2.26. The molecule has 0 spiro atoms. The number of hydroxylamine groups is 3. The predicted octanol–water partition coefficient (Wildman–Crippen LogP) is 2.30. The lowest BCUT2D eigenvalue weighted by atomic mass is 10.1. The normalized spacial score (nSPS) is 16.4. The van der Waals surface area contributed by atoms with Crippen molar-refractivity contribution in [2.75, 3.05) is 19.6 Å². The molecule has 0 unspecified atom stereocenters. The molecule has 1 aliphatic rings. The van der Waals surface area contributed by atoms with Crippen LogP contribution in [0, 0.1) is 5.82 Å². The molecule has 0 atom stereocenters. The van der Waals surface area contributed by atoms with E-state index >= 15 is 0 Å². The first-order valence-electron chi connectivity index (χ1n) is 8.73. The second kappa shape index (κ2) is 7.38. The first-order valence-corrected chi connectivity index (χ1v) is 8.73. The van der Waals surface area contributed by atoms with Gasteiger partial charge in [0.05, 0.1) is 5.56 Å². The highest BCUT2D eigenvalue weighted by atomic mass is 19.4. The van der Waals surface area contributed by atoms with Gasteiger partial charge in [0.1, 0.15) is 31.0 Å². The molecule has 1 fully saturated rings. The van der Waals surface area contributed by atoms with E-state index in [1.807, 2.05) is 0 Å². The summed E-state index contributed by atoms with van der Waals surface area (Å²) >= 11 is 0. The summed E-state index contributed by atoms with van der Waals surface area (Å²) in [6.45, 7) is 1.12. The van der Waals surface area contributed by atoms with Gasteiger partial charge >= 0.3 is 12.1 Å². The number of primary amides is 1. The minimum Gasteiger partial charge on any atom is -0.366 e. The first-order chi connectivity index (χ1) is 13.1. The number of alkyl halides is 3. The van der Waals surface area contributed by atoms with Crippen molar-refractivity contribution in [1.82, 2.24) is 9.78 Å². The van der Waals surface area contributed by atoms with Gasteiger partial charge < -0.3 is 5.73 Å². The molecule has 2 aromatic rings. The van der Waals surface area contributed by atoms with E-state index in [1.54, 1.807) is 0 Å². The van der Waals surface area contributed by atoms with Crippen molar-refractivity contribution in [1.29, 1.82) is 0 Å². The van der Waals surface area contributed by atoms with Gasteiger partial charge in [0.25, 0.3) is 5.91 Å². The van der Waals surface area contributed by atoms with Crippen LogP contribution in [-0.2, 0) is 16.2 Å². The number of amides is 1. The number of hydrogen-bond donors (Lipinski definition) is 1. The molecular weight excluding hydrogens is 384 g/mol. The topological polar surface area (TPSA) is 87.2 Å². The lowest BCUT2D eigenvalue weighted by Crippen LogP contribution is -2.50. The largest absolute Gasteiger partial charge is 0.497 e. The number of nitrogens with two attached hydrogens (primary N) is 1. The molecule has 2 N–H and O–H groups in total. The Labute approximate surface area is 157 Å². The highest BCUT2D eigenvalue weighted by molar-refractivity contribution is 6.04. The van der Waals surface area contributed by atoms with Gasteiger partial charge in [-0.2, -0.15) is 18.3 Å². The third kappa shape index (κ3) is 4.24. The third-order valence-electron chi connectivity index (χ3n) is 4.73. The lowest BCUT2D eigenvalue weighted by Gasteiger charge is -2.30. The molecule has 2 heterocycles. The smallest absolute Gasteiger partial charge is 0.366 e. The fourth-order valence-corrected chi connectivity index (χ4v) is 3.47. The number of hydrogen-bond acceptors (Lipinski definition) is 4. The Hall–Kier alpha value is -2.69. The van der Waals surface area contributed by atoms with E-state index in [0.717, 1.165) is 6.07 Å². The summed E-state index contributed by atoms with van der Waals surface area (Å²) < 4.78 is 52.3. The molecule has 1 saturated heterocycles. The summed E-state index contributed by atoms with van der Waals surface area (Å²) in [5, 5.41) is 4.61. The van der Waals surface area contributed by atoms with Crippen LogP contribution in [0.1, 0.15) is 29.6 Å². The number of rotatable bonds is 6. The van der Waals surface area contributed by atoms with Crippen molar-refractivity contribution in [3.8, 4) is 0 Å². The van der Waals surface area contributed by atoms with Crippen molar-refractivity contribution in [2.24, 2.45) is 5.73 Å². The molecular formula is C17H19F4N4O3+. The van der Waals surface area contributed by atoms with E-state index in [1.165, 1.54) is 16.9 Å². The zero-order valence-electron chi connectivity index (χ0n) is 14.8. The zero-order valence-corrected chi connectivity index (χ0v) is 14.8. The molecule has 0 bridgehead atoms. The molecule has 152 valence electrons. The molecule has 28 heavy (non-hydrogen) atoms. The zero-order chi connectivity index (χ0) is 20.5. The average Bonchev–Trinajstić information content (AvgIpc) is 3.20. The number of halogens is 4. The maximum atomic E-state index is 13.6.